The van der Waals surface area contributed by atoms with Crippen LogP contribution in [0.5, 0.6) is 5.75 Å². The SMILES string of the molecule is CCNC(=NCc1ccc(C)c(OC)c1)N1CCC(OCC)CC1.I. The van der Waals surface area contributed by atoms with Crippen LogP contribution in [0.2, 0.25) is 0 Å². The molecule has 6 heteroatoms. The Bertz CT molecular complexity index is 543. The van der Waals surface area contributed by atoms with Gasteiger partial charge in [-0.1, -0.05) is 12.1 Å². The Hall–Kier alpha value is -1.02. The lowest BCUT2D eigenvalue weighted by molar-refractivity contribution is 0.0263. The van der Waals surface area contributed by atoms with Crippen LogP contribution in [0.1, 0.15) is 37.8 Å². The standard InChI is InChI=1S/C19H31N3O2.HI/c1-5-20-19(22-11-9-17(10-12-22)24-6-2)21-14-16-8-7-15(3)18(13-16)23-4;/h7-8,13,17H,5-6,9-12,14H2,1-4H3,(H,20,21);1H. The molecule has 1 fully saturated rings. The van der Waals surface area contributed by atoms with E-state index >= 15 is 0 Å². The van der Waals surface area contributed by atoms with Gasteiger partial charge in [0.05, 0.1) is 19.8 Å². The van der Waals surface area contributed by atoms with Crippen molar-refractivity contribution in [2.45, 2.75) is 46.3 Å². The molecule has 1 heterocycles. The molecule has 0 bridgehead atoms. The molecule has 1 aliphatic heterocycles. The molecule has 0 unspecified atom stereocenters. The van der Waals surface area contributed by atoms with Gasteiger partial charge in [0, 0.05) is 26.2 Å². The van der Waals surface area contributed by atoms with Gasteiger partial charge in [-0.15, -0.1) is 24.0 Å². The number of nitrogens with zero attached hydrogens (tertiary/aromatic N) is 2. The number of nitrogens with one attached hydrogen (secondary N) is 1. The number of likely N-dealkylation sites (tertiary alicyclic amines) is 1. The lowest BCUT2D eigenvalue weighted by atomic mass is 10.1. The minimum Gasteiger partial charge on any atom is -0.496 e. The fourth-order valence-corrected chi connectivity index (χ4v) is 3.02. The fourth-order valence-electron chi connectivity index (χ4n) is 3.02. The van der Waals surface area contributed by atoms with Crippen molar-refractivity contribution in [3.8, 4) is 5.75 Å². The normalized spacial score (nSPS) is 15.7. The summed E-state index contributed by atoms with van der Waals surface area (Å²) in [6.07, 6.45) is 2.53. The molecule has 0 saturated carbocycles. The van der Waals surface area contributed by atoms with Crippen LogP contribution in [0.25, 0.3) is 0 Å². The molecule has 142 valence electrons. The predicted molar refractivity (Wildman–Crippen MR) is 114 cm³/mol. The molecule has 5 nitrogen and oxygen atoms in total. The summed E-state index contributed by atoms with van der Waals surface area (Å²) in [7, 11) is 1.71. The Kier molecular flexibility index (Phi) is 10.2. The maximum absolute atomic E-state index is 5.74. The summed E-state index contributed by atoms with van der Waals surface area (Å²) in [5.74, 6) is 1.91. The van der Waals surface area contributed by atoms with Gasteiger partial charge in [0.25, 0.3) is 0 Å². The zero-order valence-corrected chi connectivity index (χ0v) is 18.2. The Labute approximate surface area is 169 Å². The number of aliphatic imine (C=N–C) groups is 1. The Morgan fingerprint density at radius 2 is 2.00 bits per heavy atom. The first-order valence-electron chi connectivity index (χ1n) is 8.96. The Balaban J connectivity index is 0.00000312. The summed E-state index contributed by atoms with van der Waals surface area (Å²) in [5, 5.41) is 3.41. The van der Waals surface area contributed by atoms with E-state index in [0.29, 0.717) is 12.6 Å². The molecule has 0 spiro atoms. The van der Waals surface area contributed by atoms with E-state index in [0.717, 1.165) is 61.9 Å². The molecule has 1 aromatic carbocycles. The van der Waals surface area contributed by atoms with E-state index in [4.69, 9.17) is 14.5 Å². The van der Waals surface area contributed by atoms with Crippen LogP contribution in [-0.2, 0) is 11.3 Å². The van der Waals surface area contributed by atoms with Gasteiger partial charge in [0.1, 0.15) is 5.75 Å². The third kappa shape index (κ3) is 6.66. The first-order chi connectivity index (χ1) is 11.7. The van der Waals surface area contributed by atoms with Gasteiger partial charge >= 0.3 is 0 Å². The second-order valence-electron chi connectivity index (χ2n) is 6.12. The topological polar surface area (TPSA) is 46.1 Å². The number of hydrogen-bond donors (Lipinski definition) is 1. The molecular weight excluding hydrogens is 429 g/mol. The van der Waals surface area contributed by atoms with E-state index in [1.165, 1.54) is 0 Å². The molecule has 1 aromatic rings. The third-order valence-electron chi connectivity index (χ3n) is 4.36. The number of piperidine rings is 1. The van der Waals surface area contributed by atoms with E-state index in [1.807, 2.05) is 0 Å². The first-order valence-corrected chi connectivity index (χ1v) is 8.96. The number of halogens is 1. The highest BCUT2D eigenvalue weighted by Crippen LogP contribution is 2.20. The number of ether oxygens (including phenoxy) is 2. The molecular formula is C19H32IN3O2. The van der Waals surface area contributed by atoms with Crippen LogP contribution in [-0.4, -0.2) is 50.3 Å². The summed E-state index contributed by atoms with van der Waals surface area (Å²) < 4.78 is 11.1. The van der Waals surface area contributed by atoms with Gasteiger partial charge in [-0.05, 0) is 50.8 Å². The third-order valence-corrected chi connectivity index (χ3v) is 4.36. The summed E-state index contributed by atoms with van der Waals surface area (Å²) in [4.78, 5) is 7.16. The number of hydrogen-bond acceptors (Lipinski definition) is 3. The average molecular weight is 461 g/mol. The quantitative estimate of drug-likeness (QED) is 0.400. The van der Waals surface area contributed by atoms with E-state index < -0.39 is 0 Å². The molecule has 2 rings (SSSR count). The average Bonchev–Trinajstić information content (AvgIpc) is 2.61. The predicted octanol–water partition coefficient (Wildman–Crippen LogP) is 3.59. The van der Waals surface area contributed by atoms with Gasteiger partial charge in [0.2, 0.25) is 0 Å². The molecule has 0 atom stereocenters. The Morgan fingerprint density at radius 3 is 2.60 bits per heavy atom. The van der Waals surface area contributed by atoms with Crippen molar-refractivity contribution in [2.75, 3.05) is 33.4 Å². The van der Waals surface area contributed by atoms with Gasteiger partial charge in [-0.2, -0.15) is 0 Å². The van der Waals surface area contributed by atoms with Crippen LogP contribution in [0, 0.1) is 6.92 Å². The van der Waals surface area contributed by atoms with Crippen molar-refractivity contribution in [1.29, 1.82) is 0 Å². The molecule has 25 heavy (non-hydrogen) atoms. The van der Waals surface area contributed by atoms with Crippen LogP contribution < -0.4 is 10.1 Å². The van der Waals surface area contributed by atoms with Crippen LogP contribution in [0.3, 0.4) is 0 Å². The van der Waals surface area contributed by atoms with Gasteiger partial charge in [0.15, 0.2) is 5.96 Å². The summed E-state index contributed by atoms with van der Waals surface area (Å²) in [6, 6.07) is 6.28. The highest BCUT2D eigenvalue weighted by Gasteiger charge is 2.21. The minimum atomic E-state index is 0. The molecule has 1 saturated heterocycles. The number of methoxy groups -OCH3 is 1. The molecule has 0 radical (unpaired) electrons. The molecule has 1 aliphatic rings. The number of aryl methyl sites for hydroxylation is 1. The second kappa shape index (κ2) is 11.6. The zero-order chi connectivity index (χ0) is 17.4. The fraction of sp³-hybridized carbons (Fsp3) is 0.632. The van der Waals surface area contributed by atoms with Crippen molar-refractivity contribution >= 4 is 29.9 Å². The van der Waals surface area contributed by atoms with Gasteiger partial charge in [-0.3, -0.25) is 0 Å². The number of guanidine groups is 1. The second-order valence-corrected chi connectivity index (χ2v) is 6.12. The van der Waals surface area contributed by atoms with Crippen molar-refractivity contribution in [2.24, 2.45) is 4.99 Å². The van der Waals surface area contributed by atoms with E-state index in [2.05, 4.69) is 49.2 Å². The summed E-state index contributed by atoms with van der Waals surface area (Å²) in [6.45, 7) is 10.5. The van der Waals surface area contributed by atoms with Crippen molar-refractivity contribution in [3.63, 3.8) is 0 Å². The summed E-state index contributed by atoms with van der Waals surface area (Å²) in [5.41, 5.74) is 2.31. The van der Waals surface area contributed by atoms with Gasteiger partial charge < -0.3 is 19.7 Å². The lowest BCUT2D eigenvalue weighted by Gasteiger charge is -2.34. The maximum atomic E-state index is 5.74. The highest BCUT2D eigenvalue weighted by molar-refractivity contribution is 14.0. The smallest absolute Gasteiger partial charge is 0.194 e. The largest absolute Gasteiger partial charge is 0.496 e. The molecule has 0 aromatic heterocycles. The van der Waals surface area contributed by atoms with E-state index in [1.54, 1.807) is 7.11 Å². The van der Waals surface area contributed by atoms with Crippen LogP contribution in [0.4, 0.5) is 0 Å². The van der Waals surface area contributed by atoms with E-state index in [-0.39, 0.29) is 24.0 Å². The molecule has 1 N–H and O–H groups in total. The zero-order valence-electron chi connectivity index (χ0n) is 15.9. The molecule has 0 amide bonds. The maximum Gasteiger partial charge on any atom is 0.194 e. The Morgan fingerprint density at radius 1 is 1.28 bits per heavy atom. The van der Waals surface area contributed by atoms with Crippen LogP contribution >= 0.6 is 24.0 Å². The summed E-state index contributed by atoms with van der Waals surface area (Å²) >= 11 is 0. The van der Waals surface area contributed by atoms with Crippen molar-refractivity contribution < 1.29 is 9.47 Å². The minimum absolute atomic E-state index is 0. The van der Waals surface area contributed by atoms with Crippen molar-refractivity contribution in [1.82, 2.24) is 10.2 Å². The lowest BCUT2D eigenvalue weighted by Crippen LogP contribution is -2.47. The van der Waals surface area contributed by atoms with E-state index in [9.17, 15) is 0 Å². The van der Waals surface area contributed by atoms with Crippen molar-refractivity contribution in [3.05, 3.63) is 29.3 Å². The highest BCUT2D eigenvalue weighted by atomic mass is 127. The monoisotopic (exact) mass is 461 g/mol. The van der Waals surface area contributed by atoms with Gasteiger partial charge in [-0.25, -0.2) is 4.99 Å². The molecule has 0 aliphatic carbocycles. The number of rotatable bonds is 6. The first kappa shape index (κ1) is 22.0. The number of benzene rings is 1. The van der Waals surface area contributed by atoms with Crippen LogP contribution in [0.15, 0.2) is 23.2 Å².